The van der Waals surface area contributed by atoms with Gasteiger partial charge in [0.05, 0.1) is 36.7 Å². The van der Waals surface area contributed by atoms with Crippen LogP contribution in [-0.2, 0) is 28.4 Å². The molecule has 0 bridgehead atoms. The maximum atomic E-state index is 12.5. The number of aliphatic hydroxyl groups is 1. The summed E-state index contributed by atoms with van der Waals surface area (Å²) in [6.45, 7) is 6.29. The average Bonchev–Trinajstić information content (AvgIpc) is 2.90. The average molecular weight is 541 g/mol. The maximum Gasteiger partial charge on any atom is 0.513 e. The lowest BCUT2D eigenvalue weighted by atomic mass is 9.83. The first-order valence-electron chi connectivity index (χ1n) is 12.5. The van der Waals surface area contributed by atoms with E-state index in [1.807, 2.05) is 13.8 Å². The van der Waals surface area contributed by atoms with Crippen molar-refractivity contribution in [3.05, 3.63) is 51.4 Å². The topological polar surface area (TPSA) is 165 Å². The molecule has 2 rings (SSSR count). The fourth-order valence-electron chi connectivity index (χ4n) is 3.78. The second kappa shape index (κ2) is 16.4. The van der Waals surface area contributed by atoms with E-state index >= 15 is 0 Å². The minimum Gasteiger partial charge on any atom is -0.432 e. The lowest BCUT2D eigenvalue weighted by Gasteiger charge is -2.38. The Bertz CT molecular complexity index is 953. The summed E-state index contributed by atoms with van der Waals surface area (Å²) in [7, 11) is 0. The van der Waals surface area contributed by atoms with Crippen LogP contribution < -0.4 is 5.32 Å². The van der Waals surface area contributed by atoms with E-state index < -0.39 is 41.9 Å². The summed E-state index contributed by atoms with van der Waals surface area (Å²) in [5.74, 6) is -1.00. The Kier molecular flexibility index (Phi) is 13.3. The molecule has 1 aliphatic heterocycles. The van der Waals surface area contributed by atoms with Crippen molar-refractivity contribution < 1.29 is 48.0 Å². The van der Waals surface area contributed by atoms with E-state index in [9.17, 15) is 24.8 Å². The monoisotopic (exact) mass is 540 g/mol. The standard InChI is InChI=1S/C25H36N2O11/c1-4-9-33-11-13-35-24(29)37-22-17(3)26-20(16-28)23(38-25(30)36-14-12-34-10-5-2)21(22)18-7-6-8-19(15-18)27(31)32/h6-8,15,20-21,23,26,28H,4-5,9-14,16H2,1-3H3. The number of hydrogen-bond donors (Lipinski definition) is 2. The number of rotatable bonds is 15. The lowest BCUT2D eigenvalue weighted by molar-refractivity contribution is -0.384. The zero-order valence-corrected chi connectivity index (χ0v) is 21.9. The third-order valence-electron chi connectivity index (χ3n) is 5.43. The van der Waals surface area contributed by atoms with Gasteiger partial charge in [-0.15, -0.1) is 0 Å². The summed E-state index contributed by atoms with van der Waals surface area (Å²) >= 11 is 0. The molecule has 0 amide bonds. The molecule has 0 spiro atoms. The highest BCUT2D eigenvalue weighted by molar-refractivity contribution is 5.63. The number of nitro groups is 1. The SMILES string of the molecule is CCCOCCOC(=O)OC1=C(C)NC(CO)C(OC(=O)OCCOCCC)C1c1cccc([N+](=O)[O-])c1. The number of carbonyl (C=O) groups excluding carboxylic acids is 2. The quantitative estimate of drug-likeness (QED) is 0.144. The van der Waals surface area contributed by atoms with Gasteiger partial charge in [-0.05, 0) is 25.3 Å². The van der Waals surface area contributed by atoms with E-state index in [1.54, 1.807) is 13.0 Å². The van der Waals surface area contributed by atoms with Gasteiger partial charge >= 0.3 is 12.3 Å². The van der Waals surface area contributed by atoms with Crippen molar-refractivity contribution in [2.45, 2.75) is 51.7 Å². The Labute approximate surface area is 221 Å². The van der Waals surface area contributed by atoms with E-state index in [1.165, 1.54) is 18.2 Å². The Hall–Kier alpha value is -3.42. The van der Waals surface area contributed by atoms with Gasteiger partial charge in [0, 0.05) is 31.0 Å². The largest absolute Gasteiger partial charge is 0.513 e. The van der Waals surface area contributed by atoms with Crippen LogP contribution in [-0.4, -0.2) is 80.7 Å². The van der Waals surface area contributed by atoms with Crippen molar-refractivity contribution >= 4 is 18.0 Å². The van der Waals surface area contributed by atoms with Gasteiger partial charge in [0.2, 0.25) is 0 Å². The molecule has 1 heterocycles. The number of nitro benzene ring substituents is 1. The van der Waals surface area contributed by atoms with E-state index in [4.69, 9.17) is 28.4 Å². The van der Waals surface area contributed by atoms with E-state index in [0.29, 0.717) is 24.5 Å². The molecule has 13 nitrogen and oxygen atoms in total. The second-order valence-electron chi connectivity index (χ2n) is 8.36. The first-order chi connectivity index (χ1) is 18.3. The van der Waals surface area contributed by atoms with Crippen molar-refractivity contribution in [2.75, 3.05) is 46.2 Å². The molecule has 0 saturated heterocycles. The molecule has 13 heteroatoms. The smallest absolute Gasteiger partial charge is 0.432 e. The molecule has 0 aromatic heterocycles. The van der Waals surface area contributed by atoms with Crippen LogP contribution in [0.25, 0.3) is 0 Å². The Balaban J connectivity index is 2.30. The molecule has 1 aromatic carbocycles. The Morgan fingerprint density at radius 3 is 2.21 bits per heavy atom. The number of non-ortho nitro benzene ring substituents is 1. The Morgan fingerprint density at radius 1 is 1.00 bits per heavy atom. The molecule has 3 unspecified atom stereocenters. The van der Waals surface area contributed by atoms with Crippen LogP contribution >= 0.6 is 0 Å². The molecular weight excluding hydrogens is 504 g/mol. The highest BCUT2D eigenvalue weighted by Crippen LogP contribution is 2.38. The van der Waals surface area contributed by atoms with Crippen LogP contribution in [0.3, 0.4) is 0 Å². The fourth-order valence-corrected chi connectivity index (χ4v) is 3.78. The molecule has 0 aliphatic carbocycles. The van der Waals surface area contributed by atoms with Gasteiger partial charge in [0.25, 0.3) is 5.69 Å². The molecule has 212 valence electrons. The summed E-state index contributed by atoms with van der Waals surface area (Å²) in [5, 5.41) is 24.4. The van der Waals surface area contributed by atoms with Gasteiger partial charge in [-0.25, -0.2) is 9.59 Å². The maximum absolute atomic E-state index is 12.5. The summed E-state index contributed by atoms with van der Waals surface area (Å²) in [6.07, 6.45) is -1.61. The van der Waals surface area contributed by atoms with Crippen LogP contribution in [0.5, 0.6) is 0 Å². The number of aliphatic hydroxyl groups excluding tert-OH is 1. The van der Waals surface area contributed by atoms with Gasteiger partial charge < -0.3 is 38.8 Å². The first kappa shape index (κ1) is 30.8. The minimum atomic E-state index is -1.16. The zero-order valence-electron chi connectivity index (χ0n) is 21.9. The molecule has 0 radical (unpaired) electrons. The fraction of sp³-hybridized carbons (Fsp3) is 0.600. The summed E-state index contributed by atoms with van der Waals surface area (Å²) < 4.78 is 31.8. The van der Waals surface area contributed by atoms with E-state index in [-0.39, 0.29) is 37.9 Å². The number of carbonyl (C=O) groups is 2. The predicted octanol–water partition coefficient (Wildman–Crippen LogP) is 3.40. The summed E-state index contributed by atoms with van der Waals surface area (Å²) in [5.41, 5.74) is 0.446. The van der Waals surface area contributed by atoms with Crippen LogP contribution in [0.2, 0.25) is 0 Å². The van der Waals surface area contributed by atoms with Crippen LogP contribution in [0, 0.1) is 10.1 Å². The van der Waals surface area contributed by atoms with Crippen molar-refractivity contribution in [3.63, 3.8) is 0 Å². The first-order valence-corrected chi connectivity index (χ1v) is 12.5. The molecule has 38 heavy (non-hydrogen) atoms. The molecule has 1 aliphatic rings. The van der Waals surface area contributed by atoms with E-state index in [0.717, 1.165) is 12.8 Å². The van der Waals surface area contributed by atoms with Gasteiger partial charge in [-0.3, -0.25) is 10.1 Å². The van der Waals surface area contributed by atoms with Crippen molar-refractivity contribution in [1.82, 2.24) is 5.32 Å². The molecule has 0 fully saturated rings. The molecule has 0 saturated carbocycles. The zero-order chi connectivity index (χ0) is 27.9. The van der Waals surface area contributed by atoms with Crippen LogP contribution in [0.1, 0.15) is 45.1 Å². The second-order valence-corrected chi connectivity index (χ2v) is 8.36. The van der Waals surface area contributed by atoms with Gasteiger partial charge in [0.1, 0.15) is 25.1 Å². The highest BCUT2D eigenvalue weighted by Gasteiger charge is 2.43. The number of allylic oxidation sites excluding steroid dienone is 1. The number of benzene rings is 1. The predicted molar refractivity (Wildman–Crippen MR) is 133 cm³/mol. The van der Waals surface area contributed by atoms with E-state index in [2.05, 4.69) is 5.32 Å². The van der Waals surface area contributed by atoms with Crippen LogP contribution in [0.15, 0.2) is 35.7 Å². The van der Waals surface area contributed by atoms with Gasteiger partial charge in [-0.2, -0.15) is 0 Å². The van der Waals surface area contributed by atoms with Gasteiger partial charge in [0.15, 0.2) is 0 Å². The molecule has 1 aromatic rings. The summed E-state index contributed by atoms with van der Waals surface area (Å²) in [4.78, 5) is 35.9. The third kappa shape index (κ3) is 9.47. The van der Waals surface area contributed by atoms with Gasteiger partial charge in [-0.1, -0.05) is 26.0 Å². The lowest BCUT2D eigenvalue weighted by Crippen LogP contribution is -2.52. The Morgan fingerprint density at radius 2 is 1.63 bits per heavy atom. The van der Waals surface area contributed by atoms with Crippen LogP contribution in [0.4, 0.5) is 15.3 Å². The summed E-state index contributed by atoms with van der Waals surface area (Å²) in [6, 6.07) is 4.77. The van der Waals surface area contributed by atoms with Crippen molar-refractivity contribution in [2.24, 2.45) is 0 Å². The van der Waals surface area contributed by atoms with Crippen molar-refractivity contribution in [3.8, 4) is 0 Å². The molecular formula is C25H36N2O11. The third-order valence-corrected chi connectivity index (χ3v) is 5.43. The highest BCUT2D eigenvalue weighted by atomic mass is 16.7. The normalized spacial score (nSPS) is 18.9. The van der Waals surface area contributed by atoms with Crippen molar-refractivity contribution in [1.29, 1.82) is 0 Å². The number of nitrogens with zero attached hydrogens (tertiary/aromatic N) is 1. The number of nitrogens with one attached hydrogen (secondary N) is 1. The minimum absolute atomic E-state index is 0.0127. The molecule has 2 N–H and O–H groups in total. The molecule has 3 atom stereocenters. The number of ether oxygens (including phenoxy) is 6. The number of hydrogen-bond acceptors (Lipinski definition) is 12.